The molecule has 84 valence electrons. The zero-order valence-electron chi connectivity index (χ0n) is 10.6. The van der Waals surface area contributed by atoms with E-state index in [9.17, 15) is 4.79 Å². The summed E-state index contributed by atoms with van der Waals surface area (Å²) in [5.74, 6) is -0.159. The first-order chi connectivity index (χ1) is 6.77. The molecule has 3 heteroatoms. The van der Waals surface area contributed by atoms with Crippen LogP contribution in [0.2, 0.25) is 0 Å². The van der Waals surface area contributed by atoms with Crippen LogP contribution in [0, 0.1) is 0 Å². The van der Waals surface area contributed by atoms with Gasteiger partial charge in [0.15, 0.2) is 0 Å². The van der Waals surface area contributed by atoms with E-state index in [4.69, 9.17) is 5.73 Å². The summed E-state index contributed by atoms with van der Waals surface area (Å²) in [4.78, 5) is 10.4. The Labute approximate surface area is 117 Å². The number of rotatable bonds is 10. The van der Waals surface area contributed by atoms with E-state index < -0.39 is 0 Å². The maximum Gasteiger partial charge on any atom is 1.00 e. The van der Waals surface area contributed by atoms with E-state index in [2.05, 4.69) is 6.92 Å². The van der Waals surface area contributed by atoms with Crippen molar-refractivity contribution in [1.29, 1.82) is 0 Å². The van der Waals surface area contributed by atoms with Crippen molar-refractivity contribution in [3.63, 3.8) is 0 Å². The molecular weight excluding hydrogens is 197 g/mol. The van der Waals surface area contributed by atoms with Crippen LogP contribution >= 0.6 is 0 Å². The summed E-state index contributed by atoms with van der Waals surface area (Å²) in [7, 11) is 0. The van der Waals surface area contributed by atoms with Crippen LogP contribution in [0.4, 0.5) is 0 Å². The molecule has 0 rings (SSSR count). The van der Waals surface area contributed by atoms with Crippen molar-refractivity contribution >= 4 is 5.91 Å². The Kier molecular flexibility index (Phi) is 17.2. The Bertz CT molecular complexity index is 140. The van der Waals surface area contributed by atoms with Crippen molar-refractivity contribution in [3.05, 3.63) is 0 Å². The molecule has 0 aromatic rings. The summed E-state index contributed by atoms with van der Waals surface area (Å²) >= 11 is 0. The molecule has 0 unspecified atom stereocenters. The Balaban J connectivity index is 0. The van der Waals surface area contributed by atoms with Gasteiger partial charge in [-0.25, -0.2) is 0 Å². The van der Waals surface area contributed by atoms with Crippen molar-refractivity contribution in [2.75, 3.05) is 0 Å². The quantitative estimate of drug-likeness (QED) is 0.422. The Hall–Kier alpha value is 0.470. The molecule has 0 spiro atoms. The molecular formula is C12H25NNaO+. The van der Waals surface area contributed by atoms with E-state index in [1.165, 1.54) is 44.9 Å². The second kappa shape index (κ2) is 14.5. The van der Waals surface area contributed by atoms with E-state index in [1.54, 1.807) is 0 Å². The average Bonchev–Trinajstić information content (AvgIpc) is 2.15. The van der Waals surface area contributed by atoms with E-state index in [0.29, 0.717) is 6.42 Å². The third-order valence-corrected chi connectivity index (χ3v) is 2.53. The molecule has 0 aliphatic rings. The van der Waals surface area contributed by atoms with Gasteiger partial charge in [0.25, 0.3) is 0 Å². The van der Waals surface area contributed by atoms with Crippen LogP contribution in [0.25, 0.3) is 0 Å². The molecule has 0 heterocycles. The molecule has 0 aliphatic carbocycles. The van der Waals surface area contributed by atoms with Crippen molar-refractivity contribution in [3.8, 4) is 0 Å². The van der Waals surface area contributed by atoms with Gasteiger partial charge in [0.2, 0.25) is 5.91 Å². The summed E-state index contributed by atoms with van der Waals surface area (Å²) in [6.45, 7) is 2.24. The molecule has 1 amide bonds. The van der Waals surface area contributed by atoms with Gasteiger partial charge in [0.1, 0.15) is 0 Å². The third kappa shape index (κ3) is 17.1. The minimum atomic E-state index is -0.159. The predicted molar refractivity (Wildman–Crippen MR) is 61.0 cm³/mol. The van der Waals surface area contributed by atoms with Gasteiger partial charge in [0, 0.05) is 6.42 Å². The van der Waals surface area contributed by atoms with E-state index in [1.807, 2.05) is 0 Å². The van der Waals surface area contributed by atoms with Crippen LogP contribution in [0.5, 0.6) is 0 Å². The van der Waals surface area contributed by atoms with Gasteiger partial charge < -0.3 is 5.73 Å². The first-order valence-corrected chi connectivity index (χ1v) is 6.05. The number of hydrogen-bond donors (Lipinski definition) is 1. The largest absolute Gasteiger partial charge is 1.00 e. The monoisotopic (exact) mass is 222 g/mol. The summed E-state index contributed by atoms with van der Waals surface area (Å²) in [5, 5.41) is 0. The SMILES string of the molecule is CCCCCCCCCCCC(N)=O.[Na+]. The topological polar surface area (TPSA) is 43.1 Å². The number of nitrogens with two attached hydrogens (primary N) is 1. The molecule has 0 saturated heterocycles. The van der Waals surface area contributed by atoms with Gasteiger partial charge in [-0.05, 0) is 6.42 Å². The standard InChI is InChI=1S/C12H25NO.Na/c1-2-3-4-5-6-7-8-9-10-11-12(13)14;/h2-11H2,1H3,(H2,13,14);/q;+1. The van der Waals surface area contributed by atoms with Crippen LogP contribution in [0.15, 0.2) is 0 Å². The van der Waals surface area contributed by atoms with Gasteiger partial charge in [-0.15, -0.1) is 0 Å². The normalized spacial score (nSPS) is 9.67. The zero-order valence-corrected chi connectivity index (χ0v) is 12.6. The van der Waals surface area contributed by atoms with Crippen LogP contribution in [0.1, 0.15) is 71.1 Å². The molecule has 0 aromatic carbocycles. The van der Waals surface area contributed by atoms with E-state index in [0.717, 1.165) is 12.8 Å². The minimum Gasteiger partial charge on any atom is -0.370 e. The Morgan fingerprint density at radius 2 is 1.27 bits per heavy atom. The van der Waals surface area contributed by atoms with Crippen molar-refractivity contribution in [2.45, 2.75) is 71.1 Å². The summed E-state index contributed by atoms with van der Waals surface area (Å²) in [6.07, 6.45) is 12.1. The molecule has 0 fully saturated rings. The predicted octanol–water partition coefficient (Wildman–Crippen LogP) is 0.397. The molecule has 0 aromatic heterocycles. The maximum atomic E-state index is 10.4. The second-order valence-electron chi connectivity index (χ2n) is 4.04. The molecule has 0 saturated carbocycles. The Morgan fingerprint density at radius 1 is 0.867 bits per heavy atom. The molecule has 0 atom stereocenters. The van der Waals surface area contributed by atoms with Gasteiger partial charge >= 0.3 is 29.6 Å². The first-order valence-electron chi connectivity index (χ1n) is 6.05. The van der Waals surface area contributed by atoms with Gasteiger partial charge in [-0.1, -0.05) is 58.3 Å². The smallest absolute Gasteiger partial charge is 0.370 e. The second-order valence-corrected chi connectivity index (χ2v) is 4.04. The fourth-order valence-electron chi connectivity index (χ4n) is 1.61. The van der Waals surface area contributed by atoms with E-state index >= 15 is 0 Å². The number of amides is 1. The summed E-state index contributed by atoms with van der Waals surface area (Å²) < 4.78 is 0. The van der Waals surface area contributed by atoms with Crippen molar-refractivity contribution in [2.24, 2.45) is 5.73 Å². The van der Waals surface area contributed by atoms with Crippen molar-refractivity contribution in [1.82, 2.24) is 0 Å². The summed E-state index contributed by atoms with van der Waals surface area (Å²) in [6, 6.07) is 0. The zero-order chi connectivity index (χ0) is 10.6. The summed E-state index contributed by atoms with van der Waals surface area (Å²) in [5.41, 5.74) is 5.05. The van der Waals surface area contributed by atoms with Crippen LogP contribution in [-0.2, 0) is 4.79 Å². The number of primary amides is 1. The van der Waals surface area contributed by atoms with Gasteiger partial charge in [-0.3, -0.25) is 4.79 Å². The van der Waals surface area contributed by atoms with Crippen LogP contribution < -0.4 is 35.3 Å². The molecule has 0 radical (unpaired) electrons. The average molecular weight is 222 g/mol. The van der Waals surface area contributed by atoms with Gasteiger partial charge in [0.05, 0.1) is 0 Å². The number of unbranched alkanes of at least 4 members (excludes halogenated alkanes) is 8. The number of hydrogen-bond acceptors (Lipinski definition) is 1. The van der Waals surface area contributed by atoms with Crippen LogP contribution in [0.3, 0.4) is 0 Å². The molecule has 15 heavy (non-hydrogen) atoms. The molecule has 0 aliphatic heterocycles. The van der Waals surface area contributed by atoms with Crippen molar-refractivity contribution < 1.29 is 34.4 Å². The molecule has 0 bridgehead atoms. The van der Waals surface area contributed by atoms with Gasteiger partial charge in [-0.2, -0.15) is 0 Å². The number of carbonyl (C=O) groups excluding carboxylic acids is 1. The Morgan fingerprint density at radius 3 is 1.67 bits per heavy atom. The number of carbonyl (C=O) groups is 1. The fraction of sp³-hybridized carbons (Fsp3) is 0.917. The molecule has 2 nitrogen and oxygen atoms in total. The third-order valence-electron chi connectivity index (χ3n) is 2.53. The first kappa shape index (κ1) is 17.9. The molecule has 2 N–H and O–H groups in total. The minimum absolute atomic E-state index is 0. The maximum absolute atomic E-state index is 10.4. The fourth-order valence-corrected chi connectivity index (χ4v) is 1.61. The van der Waals surface area contributed by atoms with Crippen LogP contribution in [-0.4, -0.2) is 5.91 Å². The van der Waals surface area contributed by atoms with E-state index in [-0.39, 0.29) is 35.5 Å².